The van der Waals surface area contributed by atoms with Crippen LogP contribution in [0.4, 0.5) is 5.69 Å². The third-order valence-electron chi connectivity index (χ3n) is 2.96. The van der Waals surface area contributed by atoms with Crippen molar-refractivity contribution in [1.82, 2.24) is 14.7 Å². The summed E-state index contributed by atoms with van der Waals surface area (Å²) in [6.45, 7) is 7.30. The molecule has 0 spiro atoms. The Bertz CT molecular complexity index is 508. The molecule has 0 radical (unpaired) electrons. The Labute approximate surface area is 118 Å². The van der Waals surface area contributed by atoms with Crippen molar-refractivity contribution in [2.75, 3.05) is 18.9 Å². The third-order valence-corrected chi connectivity index (χ3v) is 2.96. The number of hydrogen-bond donors (Lipinski definition) is 1. The first kappa shape index (κ1) is 16.0. The molecule has 1 rings (SSSR count). The molecule has 1 heterocycles. The Morgan fingerprint density at radius 2 is 2.05 bits per heavy atom. The van der Waals surface area contributed by atoms with E-state index in [0.29, 0.717) is 17.1 Å². The zero-order valence-corrected chi connectivity index (χ0v) is 12.6. The van der Waals surface area contributed by atoms with Gasteiger partial charge in [-0.2, -0.15) is 5.10 Å². The van der Waals surface area contributed by atoms with Crippen LogP contribution < -0.4 is 5.73 Å². The van der Waals surface area contributed by atoms with Crippen LogP contribution in [0.3, 0.4) is 0 Å². The number of hydrogen-bond acceptors (Lipinski definition) is 5. The lowest BCUT2D eigenvalue weighted by atomic mass is 10.2. The number of anilines is 1. The second-order valence-corrected chi connectivity index (χ2v) is 4.80. The van der Waals surface area contributed by atoms with Crippen molar-refractivity contribution in [3.8, 4) is 0 Å². The number of nitrogens with two attached hydrogens (primary N) is 1. The number of carbonyl (C=O) groups excluding carboxylic acids is 2. The predicted octanol–water partition coefficient (Wildman–Crippen LogP) is 0.724. The zero-order valence-electron chi connectivity index (χ0n) is 12.6. The monoisotopic (exact) mass is 282 g/mol. The maximum Gasteiger partial charge on any atom is 0.325 e. The number of ether oxygens (including phenoxy) is 1. The smallest absolute Gasteiger partial charge is 0.325 e. The number of aromatic nitrogens is 2. The average molecular weight is 282 g/mol. The van der Waals surface area contributed by atoms with E-state index in [4.69, 9.17) is 10.5 Å². The van der Waals surface area contributed by atoms with Crippen LogP contribution in [0.1, 0.15) is 37.0 Å². The van der Waals surface area contributed by atoms with Crippen LogP contribution in [0.5, 0.6) is 0 Å². The Kier molecular flexibility index (Phi) is 5.12. The SMILES string of the molecule is CCOC(=O)CN(C(=O)c1c(N)c(C)nn1C)C(C)C. The molecule has 0 bridgehead atoms. The molecule has 1 aromatic rings. The summed E-state index contributed by atoms with van der Waals surface area (Å²) >= 11 is 0. The molecule has 1 amide bonds. The van der Waals surface area contributed by atoms with Crippen LogP contribution >= 0.6 is 0 Å². The van der Waals surface area contributed by atoms with Crippen LogP contribution in [0.15, 0.2) is 0 Å². The van der Waals surface area contributed by atoms with E-state index in [1.807, 2.05) is 13.8 Å². The highest BCUT2D eigenvalue weighted by Crippen LogP contribution is 2.18. The maximum atomic E-state index is 12.6. The molecule has 0 atom stereocenters. The van der Waals surface area contributed by atoms with Crippen molar-refractivity contribution < 1.29 is 14.3 Å². The van der Waals surface area contributed by atoms with Gasteiger partial charge in [-0.15, -0.1) is 0 Å². The number of nitrogen functional groups attached to an aromatic ring is 1. The second-order valence-electron chi connectivity index (χ2n) is 4.80. The molecule has 0 aromatic carbocycles. The molecule has 0 unspecified atom stereocenters. The molecule has 0 aliphatic rings. The predicted molar refractivity (Wildman–Crippen MR) is 75.2 cm³/mol. The summed E-state index contributed by atoms with van der Waals surface area (Å²) in [5.74, 6) is -0.763. The Hall–Kier alpha value is -2.05. The summed E-state index contributed by atoms with van der Waals surface area (Å²) in [6, 6.07) is -0.151. The second kappa shape index (κ2) is 6.40. The summed E-state index contributed by atoms with van der Waals surface area (Å²) in [5, 5.41) is 4.12. The fourth-order valence-corrected chi connectivity index (χ4v) is 1.90. The molecule has 1 aromatic heterocycles. The van der Waals surface area contributed by atoms with E-state index >= 15 is 0 Å². The minimum Gasteiger partial charge on any atom is -0.465 e. The van der Waals surface area contributed by atoms with Gasteiger partial charge in [0.15, 0.2) is 0 Å². The van der Waals surface area contributed by atoms with Gasteiger partial charge in [-0.3, -0.25) is 14.3 Å². The topological polar surface area (TPSA) is 90.4 Å². The first-order valence-corrected chi connectivity index (χ1v) is 6.55. The van der Waals surface area contributed by atoms with Crippen molar-refractivity contribution in [3.63, 3.8) is 0 Å². The molecule has 0 saturated heterocycles. The van der Waals surface area contributed by atoms with Crippen molar-refractivity contribution in [2.45, 2.75) is 33.7 Å². The summed E-state index contributed by atoms with van der Waals surface area (Å²) in [5.41, 5.74) is 7.11. The Balaban J connectivity index is 3.03. The highest BCUT2D eigenvalue weighted by atomic mass is 16.5. The Morgan fingerprint density at radius 3 is 2.45 bits per heavy atom. The minimum absolute atomic E-state index is 0.103. The van der Waals surface area contributed by atoms with Gasteiger partial charge in [0.25, 0.3) is 5.91 Å². The van der Waals surface area contributed by atoms with Crippen LogP contribution in [0.2, 0.25) is 0 Å². The molecule has 20 heavy (non-hydrogen) atoms. The van der Waals surface area contributed by atoms with Crippen LogP contribution in [0, 0.1) is 6.92 Å². The van der Waals surface area contributed by atoms with Gasteiger partial charge in [-0.05, 0) is 27.7 Å². The highest BCUT2D eigenvalue weighted by Gasteiger charge is 2.27. The third kappa shape index (κ3) is 3.28. The van der Waals surface area contributed by atoms with Crippen molar-refractivity contribution in [1.29, 1.82) is 0 Å². The molecule has 0 aliphatic heterocycles. The fraction of sp³-hybridized carbons (Fsp3) is 0.615. The maximum absolute atomic E-state index is 12.6. The van der Waals surface area contributed by atoms with E-state index in [2.05, 4.69) is 5.10 Å². The van der Waals surface area contributed by atoms with Gasteiger partial charge in [0, 0.05) is 13.1 Å². The molecular weight excluding hydrogens is 260 g/mol. The van der Waals surface area contributed by atoms with E-state index in [-0.39, 0.29) is 25.1 Å². The number of rotatable bonds is 5. The standard InChI is InChI=1S/C13H22N4O3/c1-6-20-10(18)7-17(8(2)3)13(19)12-11(14)9(4)15-16(12)5/h8H,6-7,14H2,1-5H3. The Morgan fingerprint density at radius 1 is 1.45 bits per heavy atom. The van der Waals surface area contributed by atoms with Crippen LogP contribution in [-0.4, -0.2) is 45.8 Å². The van der Waals surface area contributed by atoms with Crippen LogP contribution in [-0.2, 0) is 16.6 Å². The van der Waals surface area contributed by atoms with Gasteiger partial charge < -0.3 is 15.4 Å². The summed E-state index contributed by atoms with van der Waals surface area (Å²) in [4.78, 5) is 25.6. The molecule has 0 saturated carbocycles. The van der Waals surface area contributed by atoms with E-state index in [9.17, 15) is 9.59 Å². The van der Waals surface area contributed by atoms with Crippen molar-refractivity contribution in [3.05, 3.63) is 11.4 Å². The molecule has 2 N–H and O–H groups in total. The fourth-order valence-electron chi connectivity index (χ4n) is 1.90. The number of nitrogens with zero attached hydrogens (tertiary/aromatic N) is 3. The summed E-state index contributed by atoms with van der Waals surface area (Å²) in [6.07, 6.45) is 0. The van der Waals surface area contributed by atoms with Gasteiger partial charge in [0.1, 0.15) is 12.2 Å². The van der Waals surface area contributed by atoms with Gasteiger partial charge in [0.05, 0.1) is 18.0 Å². The van der Waals surface area contributed by atoms with Crippen molar-refractivity contribution in [2.24, 2.45) is 7.05 Å². The molecule has 0 aliphatic carbocycles. The number of amides is 1. The lowest BCUT2D eigenvalue weighted by Crippen LogP contribution is -2.42. The summed E-state index contributed by atoms with van der Waals surface area (Å²) in [7, 11) is 1.65. The van der Waals surface area contributed by atoms with Crippen molar-refractivity contribution >= 4 is 17.6 Å². The first-order chi connectivity index (χ1) is 9.29. The largest absolute Gasteiger partial charge is 0.465 e. The first-order valence-electron chi connectivity index (χ1n) is 6.55. The quantitative estimate of drug-likeness (QED) is 0.804. The molecule has 0 fully saturated rings. The number of aryl methyl sites for hydroxylation is 2. The van der Waals surface area contributed by atoms with E-state index in [1.165, 1.54) is 9.58 Å². The number of esters is 1. The van der Waals surface area contributed by atoms with Gasteiger partial charge >= 0.3 is 5.97 Å². The lowest BCUT2D eigenvalue weighted by Gasteiger charge is -2.25. The normalized spacial score (nSPS) is 10.7. The zero-order chi connectivity index (χ0) is 15.4. The van der Waals surface area contributed by atoms with E-state index in [1.54, 1.807) is 20.9 Å². The molecule has 112 valence electrons. The average Bonchev–Trinajstić information content (AvgIpc) is 2.59. The number of carbonyl (C=O) groups is 2. The van der Waals surface area contributed by atoms with Crippen LogP contribution in [0.25, 0.3) is 0 Å². The van der Waals surface area contributed by atoms with E-state index in [0.717, 1.165) is 0 Å². The molecule has 7 nitrogen and oxygen atoms in total. The molecule has 7 heteroatoms. The lowest BCUT2D eigenvalue weighted by molar-refractivity contribution is -0.144. The van der Waals surface area contributed by atoms with E-state index < -0.39 is 5.97 Å². The summed E-state index contributed by atoms with van der Waals surface area (Å²) < 4.78 is 6.33. The highest BCUT2D eigenvalue weighted by molar-refractivity contribution is 5.99. The van der Waals surface area contributed by atoms with Gasteiger partial charge in [0.2, 0.25) is 0 Å². The van der Waals surface area contributed by atoms with Gasteiger partial charge in [-0.1, -0.05) is 0 Å². The van der Waals surface area contributed by atoms with Gasteiger partial charge in [-0.25, -0.2) is 0 Å². The minimum atomic E-state index is -0.438. The molecular formula is C13H22N4O3.